The van der Waals surface area contributed by atoms with Crippen molar-refractivity contribution < 1.29 is 5.11 Å². The Balaban J connectivity index is 2.34. The van der Waals surface area contributed by atoms with Gasteiger partial charge in [0.2, 0.25) is 0 Å². The molecule has 1 rings (SSSR count). The van der Waals surface area contributed by atoms with Gasteiger partial charge in [-0.25, -0.2) is 0 Å². The second-order valence-electron chi connectivity index (χ2n) is 3.82. The van der Waals surface area contributed by atoms with E-state index in [9.17, 15) is 5.11 Å². The molecule has 1 atom stereocenters. The van der Waals surface area contributed by atoms with Crippen molar-refractivity contribution in [3.8, 4) is 0 Å². The summed E-state index contributed by atoms with van der Waals surface area (Å²) in [6.07, 6.45) is 1.60. The topological polar surface area (TPSA) is 32.3 Å². The Morgan fingerprint density at radius 1 is 1.50 bits per heavy atom. The number of nitrogens with one attached hydrogen (secondary N) is 1. The van der Waals surface area contributed by atoms with E-state index >= 15 is 0 Å². The molecule has 0 aromatic heterocycles. The van der Waals surface area contributed by atoms with Crippen molar-refractivity contribution in [1.82, 2.24) is 5.32 Å². The summed E-state index contributed by atoms with van der Waals surface area (Å²) in [5, 5.41) is 13.5. The Morgan fingerprint density at radius 3 is 2.88 bits per heavy atom. The molecule has 1 aromatic carbocycles. The predicted octanol–water partition coefficient (Wildman–Crippen LogP) is 3.35. The molecule has 0 bridgehead atoms. The second-order valence-corrected chi connectivity index (χ2v) is 5.08. The molecule has 0 radical (unpaired) electrons. The number of hydrogen-bond donors (Lipinski definition) is 2. The van der Waals surface area contributed by atoms with Crippen LogP contribution in [0.5, 0.6) is 0 Å². The zero-order valence-corrected chi connectivity index (χ0v) is 11.7. The fourth-order valence-electron chi connectivity index (χ4n) is 1.47. The lowest BCUT2D eigenvalue weighted by atomic mass is 10.2. The molecule has 0 spiro atoms. The minimum absolute atomic E-state index is 0.249. The van der Waals surface area contributed by atoms with E-state index in [1.165, 1.54) is 0 Å². The average molecular weight is 307 g/mol. The molecule has 0 fully saturated rings. The molecule has 4 heteroatoms. The number of aliphatic hydroxyl groups excluding tert-OH is 1. The predicted molar refractivity (Wildman–Crippen MR) is 71.8 cm³/mol. The number of hydrogen-bond acceptors (Lipinski definition) is 2. The zero-order valence-electron chi connectivity index (χ0n) is 9.34. The number of halogens is 2. The van der Waals surface area contributed by atoms with Gasteiger partial charge >= 0.3 is 0 Å². The molecule has 2 nitrogen and oxygen atoms in total. The Morgan fingerprint density at radius 2 is 2.25 bits per heavy atom. The van der Waals surface area contributed by atoms with Gasteiger partial charge in [0.15, 0.2) is 0 Å². The van der Waals surface area contributed by atoms with E-state index in [0.29, 0.717) is 6.54 Å². The first-order valence-corrected chi connectivity index (χ1v) is 6.63. The van der Waals surface area contributed by atoms with Crippen molar-refractivity contribution in [2.45, 2.75) is 32.4 Å². The molecule has 0 aliphatic rings. The molecular weight excluding hydrogens is 289 g/mol. The van der Waals surface area contributed by atoms with Crippen LogP contribution in [0.15, 0.2) is 22.7 Å². The standard InChI is InChI=1S/C12H17BrClNO/c1-2-3-10(16)8-15-7-9-4-5-12(14)11(13)6-9/h4-6,10,15-16H,2-3,7-8H2,1H3. The van der Waals surface area contributed by atoms with Gasteiger partial charge in [-0.05, 0) is 40.0 Å². The molecule has 0 heterocycles. The van der Waals surface area contributed by atoms with Gasteiger partial charge < -0.3 is 10.4 Å². The third-order valence-electron chi connectivity index (χ3n) is 2.31. The van der Waals surface area contributed by atoms with Crippen molar-refractivity contribution in [3.05, 3.63) is 33.3 Å². The molecule has 0 aliphatic carbocycles. The maximum absolute atomic E-state index is 9.53. The Hall–Kier alpha value is -0.0900. The third-order valence-corrected chi connectivity index (χ3v) is 3.53. The van der Waals surface area contributed by atoms with E-state index in [-0.39, 0.29) is 6.10 Å². The molecular formula is C12H17BrClNO. The average Bonchev–Trinajstić information content (AvgIpc) is 2.24. The minimum atomic E-state index is -0.249. The molecule has 0 amide bonds. The van der Waals surface area contributed by atoms with Gasteiger partial charge in [-0.2, -0.15) is 0 Å². The van der Waals surface area contributed by atoms with E-state index in [4.69, 9.17) is 11.6 Å². The number of benzene rings is 1. The Kier molecular flexibility index (Phi) is 6.36. The molecule has 90 valence electrons. The van der Waals surface area contributed by atoms with Gasteiger partial charge in [-0.3, -0.25) is 0 Å². The Labute approximate surface area is 110 Å². The van der Waals surface area contributed by atoms with Gasteiger partial charge in [0.25, 0.3) is 0 Å². The van der Waals surface area contributed by atoms with Gasteiger partial charge in [0.1, 0.15) is 0 Å². The number of rotatable bonds is 6. The lowest BCUT2D eigenvalue weighted by Crippen LogP contribution is -2.26. The van der Waals surface area contributed by atoms with Crippen LogP contribution in [-0.2, 0) is 6.54 Å². The van der Waals surface area contributed by atoms with E-state index in [1.54, 1.807) is 0 Å². The molecule has 16 heavy (non-hydrogen) atoms. The maximum Gasteiger partial charge on any atom is 0.0664 e. The first-order chi connectivity index (χ1) is 7.63. The summed E-state index contributed by atoms with van der Waals surface area (Å²) < 4.78 is 0.905. The summed E-state index contributed by atoms with van der Waals surface area (Å²) in [6.45, 7) is 3.45. The third kappa shape index (κ3) is 4.83. The van der Waals surface area contributed by atoms with E-state index in [2.05, 4.69) is 28.2 Å². The molecule has 2 N–H and O–H groups in total. The van der Waals surface area contributed by atoms with E-state index in [1.807, 2.05) is 18.2 Å². The van der Waals surface area contributed by atoms with Gasteiger partial charge in [-0.1, -0.05) is 31.0 Å². The summed E-state index contributed by atoms with van der Waals surface area (Å²) in [6, 6.07) is 5.83. The van der Waals surface area contributed by atoms with Crippen LogP contribution >= 0.6 is 27.5 Å². The van der Waals surface area contributed by atoms with Crippen molar-refractivity contribution in [2.24, 2.45) is 0 Å². The minimum Gasteiger partial charge on any atom is -0.392 e. The smallest absolute Gasteiger partial charge is 0.0664 e. The summed E-state index contributed by atoms with van der Waals surface area (Å²) in [7, 11) is 0. The van der Waals surface area contributed by atoms with Crippen LogP contribution in [0, 0.1) is 0 Å². The van der Waals surface area contributed by atoms with Crippen molar-refractivity contribution >= 4 is 27.5 Å². The van der Waals surface area contributed by atoms with Crippen molar-refractivity contribution in [1.29, 1.82) is 0 Å². The highest BCUT2D eigenvalue weighted by Crippen LogP contribution is 2.23. The lowest BCUT2D eigenvalue weighted by Gasteiger charge is -2.10. The normalized spacial score (nSPS) is 12.8. The first-order valence-electron chi connectivity index (χ1n) is 5.46. The molecule has 1 unspecified atom stereocenters. The van der Waals surface area contributed by atoms with Crippen LogP contribution in [0.3, 0.4) is 0 Å². The van der Waals surface area contributed by atoms with Crippen LogP contribution in [0.4, 0.5) is 0 Å². The van der Waals surface area contributed by atoms with Crippen LogP contribution in [0.2, 0.25) is 5.02 Å². The zero-order chi connectivity index (χ0) is 12.0. The highest BCUT2D eigenvalue weighted by molar-refractivity contribution is 9.10. The van der Waals surface area contributed by atoms with Crippen molar-refractivity contribution in [3.63, 3.8) is 0 Å². The number of aliphatic hydroxyl groups is 1. The first kappa shape index (κ1) is 14.0. The largest absolute Gasteiger partial charge is 0.392 e. The second kappa shape index (κ2) is 7.28. The summed E-state index contributed by atoms with van der Waals surface area (Å²) >= 11 is 9.28. The van der Waals surface area contributed by atoms with Crippen molar-refractivity contribution in [2.75, 3.05) is 6.54 Å². The van der Waals surface area contributed by atoms with Gasteiger partial charge in [0, 0.05) is 17.6 Å². The van der Waals surface area contributed by atoms with E-state index in [0.717, 1.165) is 34.4 Å². The molecule has 0 aliphatic heterocycles. The summed E-state index contributed by atoms with van der Waals surface area (Å²) in [5.41, 5.74) is 1.15. The molecule has 0 saturated heterocycles. The van der Waals surface area contributed by atoms with Crippen LogP contribution < -0.4 is 5.32 Å². The highest BCUT2D eigenvalue weighted by atomic mass is 79.9. The monoisotopic (exact) mass is 305 g/mol. The van der Waals surface area contributed by atoms with Crippen LogP contribution in [-0.4, -0.2) is 17.8 Å². The lowest BCUT2D eigenvalue weighted by molar-refractivity contribution is 0.160. The molecule has 1 aromatic rings. The van der Waals surface area contributed by atoms with E-state index < -0.39 is 0 Å². The fourth-order valence-corrected chi connectivity index (χ4v) is 2.01. The van der Waals surface area contributed by atoms with Crippen LogP contribution in [0.25, 0.3) is 0 Å². The molecule has 0 saturated carbocycles. The van der Waals surface area contributed by atoms with Gasteiger partial charge in [0.05, 0.1) is 11.1 Å². The highest BCUT2D eigenvalue weighted by Gasteiger charge is 2.02. The summed E-state index contributed by atoms with van der Waals surface area (Å²) in [4.78, 5) is 0. The maximum atomic E-state index is 9.53. The fraction of sp³-hybridized carbons (Fsp3) is 0.500. The van der Waals surface area contributed by atoms with Crippen LogP contribution in [0.1, 0.15) is 25.3 Å². The SMILES string of the molecule is CCCC(O)CNCc1ccc(Cl)c(Br)c1. The summed E-state index contributed by atoms with van der Waals surface area (Å²) in [5.74, 6) is 0. The quantitative estimate of drug-likeness (QED) is 0.845. The van der Waals surface area contributed by atoms with Gasteiger partial charge in [-0.15, -0.1) is 0 Å². The Bertz CT molecular complexity index is 333.